The van der Waals surface area contributed by atoms with E-state index >= 15 is 0 Å². The summed E-state index contributed by atoms with van der Waals surface area (Å²) in [5.41, 5.74) is 1.29. The van der Waals surface area contributed by atoms with E-state index < -0.39 is 11.7 Å². The molecule has 2 aromatic carbocycles. The van der Waals surface area contributed by atoms with Crippen LogP contribution in [-0.4, -0.2) is 32.1 Å². The van der Waals surface area contributed by atoms with Gasteiger partial charge in [0, 0.05) is 13.0 Å². The lowest BCUT2D eigenvalue weighted by molar-refractivity contribution is 0.0675. The predicted octanol–water partition coefficient (Wildman–Crippen LogP) is 3.10. The number of amides is 1. The molecule has 3 aromatic rings. The number of carbonyl (C=O) groups excluding carboxylic acids is 1. The Hall–Kier alpha value is -3.53. The van der Waals surface area contributed by atoms with Crippen LogP contribution in [0.1, 0.15) is 46.1 Å². The van der Waals surface area contributed by atoms with Gasteiger partial charge in [0.1, 0.15) is 11.6 Å². The summed E-state index contributed by atoms with van der Waals surface area (Å²) in [5.74, 6) is 0.443. The lowest BCUT2D eigenvalue weighted by atomic mass is 10.1. The fourth-order valence-electron chi connectivity index (χ4n) is 3.60. The summed E-state index contributed by atoms with van der Waals surface area (Å²) in [7, 11) is 0. The van der Waals surface area contributed by atoms with E-state index in [9.17, 15) is 9.18 Å². The molecule has 7 heteroatoms. The van der Waals surface area contributed by atoms with Crippen LogP contribution >= 0.6 is 0 Å². The van der Waals surface area contributed by atoms with Gasteiger partial charge in [-0.05, 0) is 30.7 Å². The van der Waals surface area contributed by atoms with Gasteiger partial charge in [0.15, 0.2) is 5.82 Å². The second-order valence-corrected chi connectivity index (χ2v) is 6.91. The van der Waals surface area contributed by atoms with E-state index in [2.05, 4.69) is 14.8 Å². The second-order valence-electron chi connectivity index (χ2n) is 6.91. The molecule has 2 heterocycles. The summed E-state index contributed by atoms with van der Waals surface area (Å²) in [6.45, 7) is 2.70. The summed E-state index contributed by atoms with van der Waals surface area (Å²) in [6.07, 6.45) is 0.663. The Balaban J connectivity index is 1.57. The van der Waals surface area contributed by atoms with Crippen LogP contribution in [0.25, 0.3) is 0 Å². The van der Waals surface area contributed by atoms with Crippen LogP contribution in [-0.2, 0) is 13.0 Å². The van der Waals surface area contributed by atoms with Crippen LogP contribution in [0.5, 0.6) is 0 Å². The van der Waals surface area contributed by atoms with Crippen molar-refractivity contribution >= 4 is 5.91 Å². The Morgan fingerprint density at radius 3 is 2.75 bits per heavy atom. The van der Waals surface area contributed by atoms with E-state index in [-0.39, 0.29) is 23.7 Å². The van der Waals surface area contributed by atoms with E-state index in [0.29, 0.717) is 18.8 Å². The first kappa shape index (κ1) is 17.9. The van der Waals surface area contributed by atoms with Crippen molar-refractivity contribution in [3.63, 3.8) is 0 Å². The van der Waals surface area contributed by atoms with Gasteiger partial charge in [0.05, 0.1) is 29.8 Å². The SMILES string of the molecule is C[C@H]1CN(C(=O)c2ccc(C#N)cc2F)Cc2nnc(Cc3ccccc3)n21. The molecule has 1 atom stereocenters. The highest BCUT2D eigenvalue weighted by atomic mass is 19.1. The van der Waals surface area contributed by atoms with Gasteiger partial charge in [0.2, 0.25) is 0 Å². The van der Waals surface area contributed by atoms with Gasteiger partial charge in [-0.1, -0.05) is 30.3 Å². The first-order chi connectivity index (χ1) is 13.6. The summed E-state index contributed by atoms with van der Waals surface area (Å²) in [6, 6.07) is 15.8. The first-order valence-corrected chi connectivity index (χ1v) is 9.02. The molecule has 0 fully saturated rings. The average Bonchev–Trinajstić information content (AvgIpc) is 3.11. The molecule has 140 valence electrons. The minimum Gasteiger partial charge on any atom is -0.329 e. The van der Waals surface area contributed by atoms with Crippen molar-refractivity contribution in [2.45, 2.75) is 25.9 Å². The van der Waals surface area contributed by atoms with Crippen LogP contribution in [0.15, 0.2) is 48.5 Å². The summed E-state index contributed by atoms with van der Waals surface area (Å²) < 4.78 is 16.3. The first-order valence-electron chi connectivity index (χ1n) is 9.02. The number of hydrogen-bond acceptors (Lipinski definition) is 4. The number of fused-ring (bicyclic) bond motifs is 1. The lowest BCUT2D eigenvalue weighted by Crippen LogP contribution is -2.41. The molecule has 0 N–H and O–H groups in total. The van der Waals surface area contributed by atoms with Gasteiger partial charge >= 0.3 is 0 Å². The number of hydrogen-bond donors (Lipinski definition) is 0. The molecule has 0 spiro atoms. The number of nitrogens with zero attached hydrogens (tertiary/aromatic N) is 5. The monoisotopic (exact) mass is 375 g/mol. The van der Waals surface area contributed by atoms with E-state index in [0.717, 1.165) is 17.5 Å². The molecule has 0 saturated carbocycles. The predicted molar refractivity (Wildman–Crippen MR) is 99.8 cm³/mol. The van der Waals surface area contributed by atoms with Crippen LogP contribution in [0.3, 0.4) is 0 Å². The smallest absolute Gasteiger partial charge is 0.257 e. The lowest BCUT2D eigenvalue weighted by Gasteiger charge is -2.32. The molecule has 1 aliphatic rings. The maximum Gasteiger partial charge on any atom is 0.257 e. The Kier molecular flexibility index (Phi) is 4.62. The summed E-state index contributed by atoms with van der Waals surface area (Å²) in [5, 5.41) is 17.4. The average molecular weight is 375 g/mol. The molecule has 0 unspecified atom stereocenters. The van der Waals surface area contributed by atoms with Crippen molar-refractivity contribution in [1.82, 2.24) is 19.7 Å². The highest BCUT2D eigenvalue weighted by Gasteiger charge is 2.30. The molecule has 0 bridgehead atoms. The fraction of sp³-hybridized carbons (Fsp3) is 0.238. The molecule has 0 aliphatic carbocycles. The van der Waals surface area contributed by atoms with E-state index in [1.165, 1.54) is 12.1 Å². The zero-order valence-corrected chi connectivity index (χ0v) is 15.3. The van der Waals surface area contributed by atoms with Crippen molar-refractivity contribution in [3.05, 3.63) is 82.7 Å². The molecule has 4 rings (SSSR count). The maximum absolute atomic E-state index is 14.3. The van der Waals surface area contributed by atoms with Crippen molar-refractivity contribution in [3.8, 4) is 6.07 Å². The fourth-order valence-corrected chi connectivity index (χ4v) is 3.60. The normalized spacial score (nSPS) is 15.8. The molecule has 6 nitrogen and oxygen atoms in total. The largest absolute Gasteiger partial charge is 0.329 e. The highest BCUT2D eigenvalue weighted by Crippen LogP contribution is 2.25. The minimum absolute atomic E-state index is 0.0251. The van der Waals surface area contributed by atoms with E-state index in [4.69, 9.17) is 5.26 Å². The molecule has 28 heavy (non-hydrogen) atoms. The van der Waals surface area contributed by atoms with Crippen LogP contribution < -0.4 is 0 Å². The zero-order valence-electron chi connectivity index (χ0n) is 15.3. The molecule has 0 saturated heterocycles. The third-order valence-electron chi connectivity index (χ3n) is 4.92. The highest BCUT2D eigenvalue weighted by molar-refractivity contribution is 5.94. The zero-order chi connectivity index (χ0) is 19.7. The Labute approximate surface area is 161 Å². The topological polar surface area (TPSA) is 74.8 Å². The summed E-state index contributed by atoms with van der Waals surface area (Å²) >= 11 is 0. The van der Waals surface area contributed by atoms with Crippen LogP contribution in [0.4, 0.5) is 4.39 Å². The third-order valence-corrected chi connectivity index (χ3v) is 4.92. The van der Waals surface area contributed by atoms with Crippen molar-refractivity contribution in [2.24, 2.45) is 0 Å². The van der Waals surface area contributed by atoms with Crippen molar-refractivity contribution < 1.29 is 9.18 Å². The van der Waals surface area contributed by atoms with Gasteiger partial charge in [-0.15, -0.1) is 10.2 Å². The standard InChI is InChI=1S/C21H18FN5O/c1-14-12-26(21(28)17-8-7-16(11-23)9-18(17)22)13-20-25-24-19(27(14)20)10-15-5-3-2-4-6-15/h2-9,14H,10,12-13H2,1H3/t14-/m0/s1. The van der Waals surface area contributed by atoms with Crippen LogP contribution in [0.2, 0.25) is 0 Å². The molecular weight excluding hydrogens is 357 g/mol. The maximum atomic E-state index is 14.3. The van der Waals surface area contributed by atoms with Gasteiger partial charge in [-0.2, -0.15) is 5.26 Å². The van der Waals surface area contributed by atoms with E-state index in [1.807, 2.05) is 43.3 Å². The number of nitriles is 1. The molecule has 1 amide bonds. The Morgan fingerprint density at radius 1 is 1.25 bits per heavy atom. The number of aromatic nitrogens is 3. The van der Waals surface area contributed by atoms with Gasteiger partial charge in [-0.25, -0.2) is 4.39 Å². The minimum atomic E-state index is -0.687. The van der Waals surface area contributed by atoms with Gasteiger partial charge in [-0.3, -0.25) is 4.79 Å². The van der Waals surface area contributed by atoms with Gasteiger partial charge < -0.3 is 9.47 Å². The third kappa shape index (κ3) is 3.25. The summed E-state index contributed by atoms with van der Waals surface area (Å²) in [4.78, 5) is 14.4. The van der Waals surface area contributed by atoms with Crippen molar-refractivity contribution in [2.75, 3.05) is 6.54 Å². The van der Waals surface area contributed by atoms with Crippen molar-refractivity contribution in [1.29, 1.82) is 5.26 Å². The number of benzene rings is 2. The van der Waals surface area contributed by atoms with Gasteiger partial charge in [0.25, 0.3) is 5.91 Å². The molecule has 0 radical (unpaired) electrons. The quantitative estimate of drug-likeness (QED) is 0.705. The van der Waals surface area contributed by atoms with E-state index in [1.54, 1.807) is 4.90 Å². The molecule has 1 aromatic heterocycles. The molecule has 1 aliphatic heterocycles. The number of carbonyl (C=O) groups is 1. The Bertz CT molecular complexity index is 1070. The second kappa shape index (κ2) is 7.24. The number of halogens is 1. The Morgan fingerprint density at radius 2 is 2.04 bits per heavy atom. The molecular formula is C21H18FN5O. The number of rotatable bonds is 3. The van der Waals surface area contributed by atoms with Crippen LogP contribution in [0, 0.1) is 17.1 Å².